The van der Waals surface area contributed by atoms with E-state index in [9.17, 15) is 0 Å². The number of rotatable bonds is 2. The quantitative estimate of drug-likeness (QED) is 0.559. The third-order valence-electron chi connectivity index (χ3n) is 5.24. The van der Waals surface area contributed by atoms with Gasteiger partial charge in [-0.15, -0.1) is 0 Å². The van der Waals surface area contributed by atoms with Gasteiger partial charge in [-0.3, -0.25) is 10.4 Å². The highest BCUT2D eigenvalue weighted by Gasteiger charge is 2.20. The van der Waals surface area contributed by atoms with Crippen LogP contribution in [0, 0.1) is 0 Å². The van der Waals surface area contributed by atoms with Gasteiger partial charge >= 0.3 is 0 Å². The molecule has 0 saturated carbocycles. The number of hydrogen-bond donors (Lipinski definition) is 2. The lowest BCUT2D eigenvalue weighted by molar-refractivity contribution is 0.794. The molecule has 0 amide bonds. The van der Waals surface area contributed by atoms with E-state index in [1.807, 2.05) is 0 Å². The lowest BCUT2D eigenvalue weighted by atomic mass is 10.0. The van der Waals surface area contributed by atoms with Gasteiger partial charge in [-0.05, 0) is 58.9 Å². The number of aryl methyl sites for hydroxylation is 2. The first-order chi connectivity index (χ1) is 12.3. The maximum absolute atomic E-state index is 6.22. The second-order valence-electron chi connectivity index (χ2n) is 6.72. The van der Waals surface area contributed by atoms with Crippen LogP contribution >= 0.6 is 0 Å². The number of nitrogens with one attached hydrogen (secondary N) is 1. The van der Waals surface area contributed by atoms with Gasteiger partial charge in [0.2, 0.25) is 5.96 Å². The molecule has 2 aliphatic rings. The molecule has 0 spiro atoms. The lowest BCUT2D eigenvalue weighted by Crippen LogP contribution is -2.45. The zero-order valence-corrected chi connectivity index (χ0v) is 14.0. The van der Waals surface area contributed by atoms with Crippen molar-refractivity contribution in [3.63, 3.8) is 0 Å². The summed E-state index contributed by atoms with van der Waals surface area (Å²) in [5.41, 5.74) is 15.7. The number of para-hydroxylation sites is 1. The van der Waals surface area contributed by atoms with Crippen LogP contribution in [0.15, 0.2) is 59.6 Å². The number of benzene rings is 3. The van der Waals surface area contributed by atoms with Crippen LogP contribution in [0.1, 0.15) is 16.7 Å². The average molecular weight is 328 g/mol. The van der Waals surface area contributed by atoms with Gasteiger partial charge in [0.15, 0.2) is 0 Å². The fourth-order valence-electron chi connectivity index (χ4n) is 4.10. The molecule has 5 rings (SSSR count). The van der Waals surface area contributed by atoms with Crippen LogP contribution in [0.2, 0.25) is 0 Å². The lowest BCUT2D eigenvalue weighted by Gasteiger charge is -2.21. The number of aliphatic imine (C=N–C) groups is 1. The van der Waals surface area contributed by atoms with Gasteiger partial charge in [0.1, 0.15) is 0 Å². The summed E-state index contributed by atoms with van der Waals surface area (Å²) in [6, 6.07) is 19.2. The van der Waals surface area contributed by atoms with Crippen LogP contribution in [0.25, 0.3) is 10.8 Å². The SMILES string of the molecule is NC(=Nc1ccc2cccc3c2c1CC3)NN1CCc2ccccc21. The number of guanidine groups is 1. The molecule has 0 radical (unpaired) electrons. The summed E-state index contributed by atoms with van der Waals surface area (Å²) in [5, 5.41) is 4.74. The maximum Gasteiger partial charge on any atom is 0.213 e. The fourth-order valence-corrected chi connectivity index (χ4v) is 4.10. The monoisotopic (exact) mass is 328 g/mol. The van der Waals surface area contributed by atoms with E-state index in [1.54, 1.807) is 0 Å². The molecular weight excluding hydrogens is 308 g/mol. The van der Waals surface area contributed by atoms with Crippen molar-refractivity contribution in [1.82, 2.24) is 5.43 Å². The minimum atomic E-state index is 0.441. The minimum absolute atomic E-state index is 0.441. The molecule has 0 bridgehead atoms. The first kappa shape index (κ1) is 14.3. The number of hydrazine groups is 1. The Hall–Kier alpha value is -3.01. The van der Waals surface area contributed by atoms with Crippen LogP contribution in [0.5, 0.6) is 0 Å². The summed E-state index contributed by atoms with van der Waals surface area (Å²) < 4.78 is 0. The fraction of sp³-hybridized carbons (Fsp3) is 0.190. The Bertz CT molecular complexity index is 1010. The van der Waals surface area contributed by atoms with Crippen molar-refractivity contribution < 1.29 is 0 Å². The molecular formula is C21H20N4. The van der Waals surface area contributed by atoms with Crippen molar-refractivity contribution in [3.8, 4) is 0 Å². The van der Waals surface area contributed by atoms with Gasteiger partial charge in [0.25, 0.3) is 0 Å². The maximum atomic E-state index is 6.22. The van der Waals surface area contributed by atoms with E-state index in [1.165, 1.54) is 33.2 Å². The zero-order valence-electron chi connectivity index (χ0n) is 14.0. The predicted octanol–water partition coefficient (Wildman–Crippen LogP) is 3.45. The van der Waals surface area contributed by atoms with Gasteiger partial charge in [-0.1, -0.05) is 42.5 Å². The smallest absolute Gasteiger partial charge is 0.213 e. The molecule has 4 nitrogen and oxygen atoms in total. The van der Waals surface area contributed by atoms with Crippen LogP contribution in [0.3, 0.4) is 0 Å². The van der Waals surface area contributed by atoms with E-state index in [0.717, 1.165) is 31.5 Å². The van der Waals surface area contributed by atoms with E-state index in [-0.39, 0.29) is 0 Å². The molecule has 0 saturated heterocycles. The molecule has 3 N–H and O–H groups in total. The summed E-state index contributed by atoms with van der Waals surface area (Å²) in [7, 11) is 0. The van der Waals surface area contributed by atoms with E-state index < -0.39 is 0 Å². The Morgan fingerprint density at radius 2 is 1.80 bits per heavy atom. The van der Waals surface area contributed by atoms with Crippen molar-refractivity contribution in [3.05, 3.63) is 71.3 Å². The molecule has 1 aliphatic carbocycles. The van der Waals surface area contributed by atoms with Crippen molar-refractivity contribution in [2.24, 2.45) is 10.7 Å². The van der Waals surface area contributed by atoms with E-state index in [4.69, 9.17) is 10.7 Å². The minimum Gasteiger partial charge on any atom is -0.368 e. The Kier molecular flexibility index (Phi) is 3.17. The van der Waals surface area contributed by atoms with E-state index >= 15 is 0 Å². The molecule has 25 heavy (non-hydrogen) atoms. The third-order valence-corrected chi connectivity index (χ3v) is 5.24. The summed E-state index contributed by atoms with van der Waals surface area (Å²) in [4.78, 5) is 4.69. The summed E-state index contributed by atoms with van der Waals surface area (Å²) >= 11 is 0. The second kappa shape index (κ2) is 5.52. The molecule has 0 aromatic heterocycles. The highest BCUT2D eigenvalue weighted by atomic mass is 15.5. The molecule has 124 valence electrons. The van der Waals surface area contributed by atoms with Crippen molar-refractivity contribution in [1.29, 1.82) is 0 Å². The Morgan fingerprint density at radius 3 is 2.76 bits per heavy atom. The van der Waals surface area contributed by atoms with Crippen LogP contribution in [-0.2, 0) is 19.3 Å². The normalized spacial score (nSPS) is 15.7. The number of nitrogens with two attached hydrogens (primary N) is 1. The molecule has 1 heterocycles. The molecule has 0 unspecified atom stereocenters. The van der Waals surface area contributed by atoms with Crippen molar-refractivity contribution in [2.45, 2.75) is 19.3 Å². The topological polar surface area (TPSA) is 53.6 Å². The summed E-state index contributed by atoms with van der Waals surface area (Å²) in [6.45, 7) is 0.907. The molecule has 3 aromatic carbocycles. The van der Waals surface area contributed by atoms with Gasteiger partial charge < -0.3 is 5.73 Å². The summed E-state index contributed by atoms with van der Waals surface area (Å²) in [6.07, 6.45) is 3.16. The average Bonchev–Trinajstić information content (AvgIpc) is 3.24. The highest BCUT2D eigenvalue weighted by Crippen LogP contribution is 2.36. The number of fused-ring (bicyclic) bond motifs is 1. The molecule has 0 fully saturated rings. The molecule has 4 heteroatoms. The standard InChI is InChI=1S/C21H20N4/c22-21(24-25-13-12-14-4-1-2-7-19(14)25)23-18-11-9-16-6-3-5-15-8-10-17(18)20(15)16/h1-7,9,11H,8,10,12-13H2,(H3,22,23,24). The van der Waals surface area contributed by atoms with E-state index in [2.05, 4.69) is 65.0 Å². The van der Waals surface area contributed by atoms with Crippen LogP contribution in [-0.4, -0.2) is 12.5 Å². The Balaban J connectivity index is 1.47. The Morgan fingerprint density at radius 1 is 0.920 bits per heavy atom. The van der Waals surface area contributed by atoms with Gasteiger partial charge in [-0.2, -0.15) is 0 Å². The highest BCUT2D eigenvalue weighted by molar-refractivity contribution is 5.95. The van der Waals surface area contributed by atoms with Crippen LogP contribution in [0.4, 0.5) is 11.4 Å². The zero-order chi connectivity index (χ0) is 16.8. The van der Waals surface area contributed by atoms with Gasteiger partial charge in [0.05, 0.1) is 11.4 Å². The number of nitrogens with zero attached hydrogens (tertiary/aromatic N) is 2. The molecule has 0 atom stereocenters. The first-order valence-corrected chi connectivity index (χ1v) is 8.79. The van der Waals surface area contributed by atoms with Gasteiger partial charge in [-0.25, -0.2) is 4.99 Å². The van der Waals surface area contributed by atoms with Crippen molar-refractivity contribution in [2.75, 3.05) is 11.6 Å². The summed E-state index contributed by atoms with van der Waals surface area (Å²) in [5.74, 6) is 0.441. The Labute approximate surface area is 146 Å². The third kappa shape index (κ3) is 2.33. The largest absolute Gasteiger partial charge is 0.368 e. The molecule has 1 aliphatic heterocycles. The van der Waals surface area contributed by atoms with Crippen LogP contribution < -0.4 is 16.2 Å². The van der Waals surface area contributed by atoms with E-state index in [0.29, 0.717) is 5.96 Å². The predicted molar refractivity (Wildman–Crippen MR) is 103 cm³/mol. The van der Waals surface area contributed by atoms with Crippen molar-refractivity contribution >= 4 is 28.1 Å². The molecule has 3 aromatic rings. The number of anilines is 1. The number of hydrogen-bond acceptors (Lipinski definition) is 2. The first-order valence-electron chi connectivity index (χ1n) is 8.79. The van der Waals surface area contributed by atoms with Gasteiger partial charge in [0, 0.05) is 6.54 Å². The second-order valence-corrected chi connectivity index (χ2v) is 6.72.